The molecular formula is C26H29F2N7O2. The van der Waals surface area contributed by atoms with Gasteiger partial charge in [-0.3, -0.25) is 9.48 Å². The third-order valence-electron chi connectivity index (χ3n) is 6.05. The number of amides is 2. The van der Waals surface area contributed by atoms with Gasteiger partial charge in [0.25, 0.3) is 5.56 Å². The molecule has 0 saturated carbocycles. The predicted molar refractivity (Wildman–Crippen MR) is 141 cm³/mol. The monoisotopic (exact) mass is 509 g/mol. The number of nitrogens with zero attached hydrogens (tertiary/aromatic N) is 4. The van der Waals surface area contributed by atoms with Crippen LogP contribution in [-0.2, 0) is 19.0 Å². The lowest BCUT2D eigenvalue weighted by atomic mass is 10.0. The first-order valence-electron chi connectivity index (χ1n) is 11.8. The van der Waals surface area contributed by atoms with Crippen molar-refractivity contribution in [1.29, 1.82) is 0 Å². The van der Waals surface area contributed by atoms with Gasteiger partial charge in [-0.25, -0.2) is 18.6 Å². The lowest BCUT2D eigenvalue weighted by Crippen LogP contribution is -2.26. The van der Waals surface area contributed by atoms with Crippen LogP contribution in [0.25, 0.3) is 22.0 Å². The Bertz CT molecular complexity index is 1570. The molecule has 0 fully saturated rings. The fourth-order valence-corrected chi connectivity index (χ4v) is 4.22. The molecule has 0 bridgehead atoms. The molecule has 4 aromatic rings. The van der Waals surface area contributed by atoms with Crippen LogP contribution < -0.4 is 21.5 Å². The Hall–Kier alpha value is -4.28. The summed E-state index contributed by atoms with van der Waals surface area (Å²) >= 11 is 0. The highest BCUT2D eigenvalue weighted by Gasteiger charge is 2.22. The zero-order chi connectivity index (χ0) is 27.1. The normalized spacial score (nSPS) is 11.6. The van der Waals surface area contributed by atoms with E-state index >= 15 is 0 Å². The maximum atomic E-state index is 14.9. The second-order valence-corrected chi connectivity index (χ2v) is 9.63. The minimum atomic E-state index is -0.976. The Morgan fingerprint density at radius 3 is 2.35 bits per heavy atom. The van der Waals surface area contributed by atoms with Crippen LogP contribution in [0.2, 0.25) is 0 Å². The number of anilines is 3. The first-order valence-corrected chi connectivity index (χ1v) is 11.8. The highest BCUT2D eigenvalue weighted by Crippen LogP contribution is 2.29. The molecular weight excluding hydrogens is 480 g/mol. The largest absolute Gasteiger partial charge is 0.373 e. The van der Waals surface area contributed by atoms with Crippen LogP contribution in [0.3, 0.4) is 0 Å². The van der Waals surface area contributed by atoms with Crippen LogP contribution in [0.5, 0.6) is 0 Å². The van der Waals surface area contributed by atoms with Gasteiger partial charge in [0, 0.05) is 43.4 Å². The van der Waals surface area contributed by atoms with Gasteiger partial charge >= 0.3 is 6.03 Å². The van der Waals surface area contributed by atoms with Crippen molar-refractivity contribution >= 4 is 34.1 Å². The van der Waals surface area contributed by atoms with E-state index in [0.717, 1.165) is 11.8 Å². The molecule has 11 heteroatoms. The summed E-state index contributed by atoms with van der Waals surface area (Å²) in [7, 11) is 3.27. The molecule has 0 unspecified atom stereocenters. The molecule has 4 rings (SSSR count). The molecule has 0 atom stereocenters. The van der Waals surface area contributed by atoms with Crippen molar-refractivity contribution in [1.82, 2.24) is 19.3 Å². The number of rotatable bonds is 5. The van der Waals surface area contributed by atoms with E-state index < -0.39 is 23.2 Å². The lowest BCUT2D eigenvalue weighted by molar-refractivity contribution is 0.262. The van der Waals surface area contributed by atoms with Gasteiger partial charge in [0.2, 0.25) is 0 Å². The third kappa shape index (κ3) is 4.89. The number of hydrogen-bond acceptors (Lipinski definition) is 5. The minimum absolute atomic E-state index is 0.00897. The summed E-state index contributed by atoms with van der Waals surface area (Å²) in [6.07, 6.45) is 3.70. The molecule has 1 aromatic carbocycles. The summed E-state index contributed by atoms with van der Waals surface area (Å²) in [6.45, 7) is 7.91. The Morgan fingerprint density at radius 1 is 1.00 bits per heavy atom. The van der Waals surface area contributed by atoms with Gasteiger partial charge in [0.05, 0.1) is 39.9 Å². The molecule has 3 N–H and O–H groups in total. The molecule has 0 spiro atoms. The maximum absolute atomic E-state index is 14.9. The third-order valence-corrected chi connectivity index (χ3v) is 6.05. The van der Waals surface area contributed by atoms with Crippen LogP contribution >= 0.6 is 0 Å². The summed E-state index contributed by atoms with van der Waals surface area (Å²) in [5, 5.41) is 13.0. The van der Waals surface area contributed by atoms with Crippen molar-refractivity contribution < 1.29 is 13.6 Å². The van der Waals surface area contributed by atoms with Crippen LogP contribution in [0, 0.1) is 11.6 Å². The van der Waals surface area contributed by atoms with Crippen molar-refractivity contribution in [2.24, 2.45) is 7.05 Å². The van der Waals surface area contributed by atoms with Crippen LogP contribution in [0.15, 0.2) is 41.5 Å². The number of carbonyl (C=O) groups is 1. The van der Waals surface area contributed by atoms with Crippen molar-refractivity contribution in [3.05, 3.63) is 64.3 Å². The number of halogens is 2. The van der Waals surface area contributed by atoms with Crippen LogP contribution in [-0.4, -0.2) is 32.4 Å². The molecule has 0 aliphatic carbocycles. The van der Waals surface area contributed by atoms with Gasteiger partial charge in [0.15, 0.2) is 0 Å². The highest BCUT2D eigenvalue weighted by molar-refractivity contribution is 6.00. The molecule has 194 valence electrons. The fourth-order valence-electron chi connectivity index (χ4n) is 4.22. The van der Waals surface area contributed by atoms with E-state index in [0.29, 0.717) is 34.9 Å². The summed E-state index contributed by atoms with van der Waals surface area (Å²) in [5.41, 5.74) is 0.685. The minimum Gasteiger partial charge on any atom is -0.373 e. The fraction of sp³-hybridized carbons (Fsp3) is 0.308. The zero-order valence-electron chi connectivity index (χ0n) is 21.5. The number of urea groups is 1. The molecule has 3 heterocycles. The van der Waals surface area contributed by atoms with Gasteiger partial charge in [-0.1, -0.05) is 6.92 Å². The molecule has 3 aromatic heterocycles. The predicted octanol–water partition coefficient (Wildman–Crippen LogP) is 5.08. The van der Waals surface area contributed by atoms with Gasteiger partial charge in [-0.15, -0.1) is 0 Å². The Morgan fingerprint density at radius 2 is 1.70 bits per heavy atom. The van der Waals surface area contributed by atoms with Gasteiger partial charge in [-0.2, -0.15) is 5.10 Å². The number of hydrogen-bond donors (Lipinski definition) is 3. The topological polar surface area (TPSA) is 106 Å². The summed E-state index contributed by atoms with van der Waals surface area (Å²) in [4.78, 5) is 30.1. The second kappa shape index (κ2) is 9.64. The van der Waals surface area contributed by atoms with E-state index in [-0.39, 0.29) is 22.4 Å². The van der Waals surface area contributed by atoms with Crippen molar-refractivity contribution in [2.75, 3.05) is 23.0 Å². The number of aromatic nitrogens is 4. The summed E-state index contributed by atoms with van der Waals surface area (Å²) in [5.74, 6) is -1.34. The van der Waals surface area contributed by atoms with Crippen LogP contribution in [0.1, 0.15) is 33.4 Å². The number of nitrogens with one attached hydrogen (secondary N) is 3. The number of fused-ring (bicyclic) bond motifs is 1. The summed E-state index contributed by atoms with van der Waals surface area (Å²) in [6, 6.07) is 4.23. The first-order chi connectivity index (χ1) is 17.4. The first kappa shape index (κ1) is 25.8. The number of benzene rings is 1. The molecule has 9 nitrogen and oxygen atoms in total. The molecule has 2 amide bonds. The molecule has 0 aliphatic rings. The zero-order valence-corrected chi connectivity index (χ0v) is 21.5. The van der Waals surface area contributed by atoms with E-state index in [1.165, 1.54) is 16.8 Å². The van der Waals surface area contributed by atoms with E-state index in [4.69, 9.17) is 0 Å². The van der Waals surface area contributed by atoms with Crippen molar-refractivity contribution in [2.45, 2.75) is 39.7 Å². The highest BCUT2D eigenvalue weighted by atomic mass is 19.1. The Balaban J connectivity index is 1.69. The summed E-state index contributed by atoms with van der Waals surface area (Å²) < 4.78 is 32.7. The van der Waals surface area contributed by atoms with Gasteiger partial charge in [-0.05, 0) is 39.3 Å². The standard InChI is InChI=1S/C26H29F2N7O2/c1-7-21-20(13-31-35(21)26(2,3)4)33-25(37)32-19-9-15(17(27)10-18(19)28)16-8-14-12-30-23(29-5)11-22(14)34(6)24(16)36/h8-13H,7H2,1-6H3,(H,29,30)(H2,32,33,37). The number of pyridine rings is 2. The molecule has 0 saturated heterocycles. The average Bonchev–Trinajstić information content (AvgIpc) is 3.26. The molecule has 0 aliphatic heterocycles. The van der Waals surface area contributed by atoms with E-state index in [1.807, 2.05) is 32.4 Å². The van der Waals surface area contributed by atoms with E-state index in [2.05, 4.69) is 26.0 Å². The van der Waals surface area contributed by atoms with Crippen molar-refractivity contribution in [3.8, 4) is 11.1 Å². The quantitative estimate of drug-likeness (QED) is 0.348. The number of carbonyl (C=O) groups excluding carboxylic acids is 1. The van der Waals surface area contributed by atoms with Crippen LogP contribution in [0.4, 0.5) is 30.8 Å². The van der Waals surface area contributed by atoms with Gasteiger partial charge < -0.3 is 20.5 Å². The molecule has 0 radical (unpaired) electrons. The number of aryl methyl sites for hydroxylation is 1. The van der Waals surface area contributed by atoms with E-state index in [9.17, 15) is 18.4 Å². The Labute approximate surface area is 212 Å². The lowest BCUT2D eigenvalue weighted by Gasteiger charge is -2.22. The molecule has 37 heavy (non-hydrogen) atoms. The smallest absolute Gasteiger partial charge is 0.323 e. The second-order valence-electron chi connectivity index (χ2n) is 9.63. The maximum Gasteiger partial charge on any atom is 0.323 e. The average molecular weight is 510 g/mol. The Kier molecular flexibility index (Phi) is 6.72. The van der Waals surface area contributed by atoms with Crippen molar-refractivity contribution in [3.63, 3.8) is 0 Å². The SMILES string of the molecule is CCc1c(NC(=O)Nc2cc(-c3cc4cnc(NC)cc4n(C)c3=O)c(F)cc2F)cnn1C(C)(C)C. The van der Waals surface area contributed by atoms with E-state index in [1.54, 1.807) is 26.4 Å². The van der Waals surface area contributed by atoms with Gasteiger partial charge in [0.1, 0.15) is 17.5 Å².